The van der Waals surface area contributed by atoms with Gasteiger partial charge in [-0.05, 0) is 31.1 Å². The fourth-order valence-electron chi connectivity index (χ4n) is 2.90. The Labute approximate surface area is 73.7 Å². The fourth-order valence-corrected chi connectivity index (χ4v) is 2.90. The maximum absolute atomic E-state index is 10.9. The molecule has 68 valence electrons. The Morgan fingerprint density at radius 2 is 2.17 bits per heavy atom. The van der Waals surface area contributed by atoms with Crippen LogP contribution in [0.2, 0.25) is 0 Å². The summed E-state index contributed by atoms with van der Waals surface area (Å²) in [5.74, 6) is 1.86. The van der Waals surface area contributed by atoms with E-state index in [-0.39, 0.29) is 5.91 Å². The molecule has 2 fully saturated rings. The average molecular weight is 167 g/mol. The Kier molecular flexibility index (Phi) is 2.07. The number of amides is 1. The minimum absolute atomic E-state index is 0.146. The van der Waals surface area contributed by atoms with Crippen molar-refractivity contribution in [3.63, 3.8) is 0 Å². The normalized spacial score (nSPS) is 39.6. The summed E-state index contributed by atoms with van der Waals surface area (Å²) in [4.78, 5) is 10.9. The molecule has 0 radical (unpaired) electrons. The van der Waals surface area contributed by atoms with Crippen LogP contribution in [-0.4, -0.2) is 11.9 Å². The van der Waals surface area contributed by atoms with E-state index in [0.717, 1.165) is 11.8 Å². The molecule has 2 nitrogen and oxygen atoms in total. The SMILES string of the molecule is CC(=O)NC1CC2CCCC1C2. The first-order chi connectivity index (χ1) is 5.75. The van der Waals surface area contributed by atoms with E-state index in [9.17, 15) is 4.79 Å². The molecule has 0 aromatic carbocycles. The molecule has 1 N–H and O–H groups in total. The highest BCUT2D eigenvalue weighted by molar-refractivity contribution is 5.73. The van der Waals surface area contributed by atoms with Gasteiger partial charge in [0.1, 0.15) is 0 Å². The monoisotopic (exact) mass is 167 g/mol. The van der Waals surface area contributed by atoms with Gasteiger partial charge in [-0.1, -0.05) is 12.8 Å². The maximum atomic E-state index is 10.9. The van der Waals surface area contributed by atoms with Crippen molar-refractivity contribution in [3.8, 4) is 0 Å². The molecular weight excluding hydrogens is 150 g/mol. The zero-order valence-electron chi connectivity index (χ0n) is 7.68. The van der Waals surface area contributed by atoms with Crippen molar-refractivity contribution >= 4 is 5.91 Å². The quantitative estimate of drug-likeness (QED) is 0.632. The molecule has 0 spiro atoms. The third-order valence-corrected chi connectivity index (χ3v) is 3.37. The van der Waals surface area contributed by atoms with E-state index in [1.54, 1.807) is 6.92 Å². The number of hydrogen-bond donors (Lipinski definition) is 1. The van der Waals surface area contributed by atoms with Gasteiger partial charge in [0.15, 0.2) is 0 Å². The molecule has 0 heterocycles. The van der Waals surface area contributed by atoms with Crippen molar-refractivity contribution in [1.82, 2.24) is 5.32 Å². The molecule has 1 amide bonds. The van der Waals surface area contributed by atoms with Crippen molar-refractivity contribution in [1.29, 1.82) is 0 Å². The average Bonchev–Trinajstić information content (AvgIpc) is 2.26. The van der Waals surface area contributed by atoms with Crippen LogP contribution in [0.1, 0.15) is 39.0 Å². The number of rotatable bonds is 1. The summed E-state index contributed by atoms with van der Waals surface area (Å²) in [5.41, 5.74) is 0. The summed E-state index contributed by atoms with van der Waals surface area (Å²) in [6.07, 6.45) is 6.72. The molecule has 0 aromatic heterocycles. The molecule has 0 aliphatic heterocycles. The summed E-state index contributed by atoms with van der Waals surface area (Å²) in [6, 6.07) is 0.509. The number of nitrogens with one attached hydrogen (secondary N) is 1. The molecule has 2 heteroatoms. The standard InChI is InChI=1S/C10H17NO/c1-7(12)11-10-6-8-3-2-4-9(10)5-8/h8-10H,2-6H2,1H3,(H,11,12). The summed E-state index contributed by atoms with van der Waals surface area (Å²) >= 11 is 0. The summed E-state index contributed by atoms with van der Waals surface area (Å²) < 4.78 is 0. The van der Waals surface area contributed by atoms with Crippen LogP contribution in [0.25, 0.3) is 0 Å². The van der Waals surface area contributed by atoms with Crippen LogP contribution in [0.5, 0.6) is 0 Å². The smallest absolute Gasteiger partial charge is 0.217 e. The molecule has 3 unspecified atom stereocenters. The van der Waals surface area contributed by atoms with E-state index in [1.807, 2.05) is 0 Å². The van der Waals surface area contributed by atoms with Crippen molar-refractivity contribution in [2.24, 2.45) is 11.8 Å². The summed E-state index contributed by atoms with van der Waals surface area (Å²) in [5, 5.41) is 3.07. The van der Waals surface area contributed by atoms with Crippen LogP contribution in [0, 0.1) is 11.8 Å². The van der Waals surface area contributed by atoms with Gasteiger partial charge in [-0.15, -0.1) is 0 Å². The molecular formula is C10H17NO. The first kappa shape index (κ1) is 8.09. The van der Waals surface area contributed by atoms with Crippen molar-refractivity contribution in [3.05, 3.63) is 0 Å². The topological polar surface area (TPSA) is 29.1 Å². The second kappa shape index (κ2) is 3.08. The Bertz CT molecular complexity index is 190. The van der Waals surface area contributed by atoms with Crippen LogP contribution in [0.15, 0.2) is 0 Å². The molecule has 3 atom stereocenters. The first-order valence-corrected chi connectivity index (χ1v) is 5.03. The minimum Gasteiger partial charge on any atom is -0.353 e. The van der Waals surface area contributed by atoms with Crippen LogP contribution >= 0.6 is 0 Å². The molecule has 2 bridgehead atoms. The van der Waals surface area contributed by atoms with Crippen LogP contribution in [-0.2, 0) is 4.79 Å². The lowest BCUT2D eigenvalue weighted by Gasteiger charge is -2.21. The van der Waals surface area contributed by atoms with E-state index >= 15 is 0 Å². The largest absolute Gasteiger partial charge is 0.353 e. The first-order valence-electron chi connectivity index (χ1n) is 5.03. The predicted molar refractivity (Wildman–Crippen MR) is 47.7 cm³/mol. The zero-order chi connectivity index (χ0) is 8.55. The molecule has 2 aliphatic rings. The maximum Gasteiger partial charge on any atom is 0.217 e. The van der Waals surface area contributed by atoms with Crippen molar-refractivity contribution in [2.75, 3.05) is 0 Å². The van der Waals surface area contributed by atoms with Gasteiger partial charge in [-0.25, -0.2) is 0 Å². The van der Waals surface area contributed by atoms with E-state index in [2.05, 4.69) is 5.32 Å². The molecule has 0 aromatic rings. The van der Waals surface area contributed by atoms with E-state index in [4.69, 9.17) is 0 Å². The lowest BCUT2D eigenvalue weighted by atomic mass is 9.89. The minimum atomic E-state index is 0.146. The van der Waals surface area contributed by atoms with Gasteiger partial charge in [0.2, 0.25) is 5.91 Å². The van der Waals surface area contributed by atoms with E-state index in [0.29, 0.717) is 6.04 Å². The van der Waals surface area contributed by atoms with E-state index in [1.165, 1.54) is 32.1 Å². The Morgan fingerprint density at radius 3 is 2.83 bits per heavy atom. The highest BCUT2D eigenvalue weighted by Gasteiger charge is 2.36. The Hall–Kier alpha value is -0.530. The number of hydrogen-bond acceptors (Lipinski definition) is 1. The molecule has 2 aliphatic carbocycles. The van der Waals surface area contributed by atoms with Gasteiger partial charge in [0, 0.05) is 13.0 Å². The van der Waals surface area contributed by atoms with Gasteiger partial charge in [0.25, 0.3) is 0 Å². The van der Waals surface area contributed by atoms with Gasteiger partial charge < -0.3 is 5.32 Å². The van der Waals surface area contributed by atoms with Crippen molar-refractivity contribution in [2.45, 2.75) is 45.1 Å². The number of carbonyl (C=O) groups excluding carboxylic acids is 1. The Balaban J connectivity index is 1.95. The highest BCUT2D eigenvalue weighted by Crippen LogP contribution is 2.41. The lowest BCUT2D eigenvalue weighted by molar-refractivity contribution is -0.119. The highest BCUT2D eigenvalue weighted by atomic mass is 16.1. The second-order valence-corrected chi connectivity index (χ2v) is 4.34. The molecule has 2 rings (SSSR count). The molecule has 2 saturated carbocycles. The predicted octanol–water partition coefficient (Wildman–Crippen LogP) is 1.70. The number of carbonyl (C=O) groups is 1. The van der Waals surface area contributed by atoms with Gasteiger partial charge >= 0.3 is 0 Å². The van der Waals surface area contributed by atoms with Crippen LogP contribution in [0.3, 0.4) is 0 Å². The molecule has 0 saturated heterocycles. The lowest BCUT2D eigenvalue weighted by Crippen LogP contribution is -2.35. The number of fused-ring (bicyclic) bond motifs is 2. The van der Waals surface area contributed by atoms with Gasteiger partial charge in [-0.3, -0.25) is 4.79 Å². The fraction of sp³-hybridized carbons (Fsp3) is 0.900. The second-order valence-electron chi connectivity index (χ2n) is 4.34. The third kappa shape index (κ3) is 1.47. The van der Waals surface area contributed by atoms with Crippen LogP contribution in [0.4, 0.5) is 0 Å². The van der Waals surface area contributed by atoms with Gasteiger partial charge in [0.05, 0.1) is 0 Å². The summed E-state index contributed by atoms with van der Waals surface area (Å²) in [6.45, 7) is 1.63. The van der Waals surface area contributed by atoms with Crippen LogP contribution < -0.4 is 5.32 Å². The Morgan fingerprint density at radius 1 is 1.33 bits per heavy atom. The summed E-state index contributed by atoms with van der Waals surface area (Å²) in [7, 11) is 0. The molecule has 12 heavy (non-hydrogen) atoms. The van der Waals surface area contributed by atoms with Crippen molar-refractivity contribution < 1.29 is 4.79 Å². The van der Waals surface area contributed by atoms with E-state index < -0.39 is 0 Å². The third-order valence-electron chi connectivity index (χ3n) is 3.37. The zero-order valence-corrected chi connectivity index (χ0v) is 7.68. The van der Waals surface area contributed by atoms with Gasteiger partial charge in [-0.2, -0.15) is 0 Å².